The zero-order valence-corrected chi connectivity index (χ0v) is 32.0. The van der Waals surface area contributed by atoms with E-state index < -0.39 is 0 Å². The summed E-state index contributed by atoms with van der Waals surface area (Å²) in [5, 5.41) is 8.67. The maximum atomic E-state index is 6.48. The SMILES string of the molecule is CCCCCc1ccc(Nc2ccccc2-c2cc(-c3ccccc3)c3c4cc(C(C)(C)C)ccc4n4c3c2[B]c2cc3oc5ccccc5c3cc2-4)cc1. The van der Waals surface area contributed by atoms with Crippen LogP contribution in [0.25, 0.3) is 71.7 Å². The molecule has 0 amide bonds. The summed E-state index contributed by atoms with van der Waals surface area (Å²) in [7, 11) is 2.40. The highest BCUT2D eigenvalue weighted by atomic mass is 16.3. The number of unbranched alkanes of at least 4 members (excludes halogenated alkanes) is 2. The number of aryl methyl sites for hydroxylation is 1. The topological polar surface area (TPSA) is 30.1 Å². The van der Waals surface area contributed by atoms with E-state index in [0.29, 0.717) is 0 Å². The zero-order chi connectivity index (χ0) is 37.3. The number of para-hydroxylation sites is 2. The highest BCUT2D eigenvalue weighted by Gasteiger charge is 2.30. The maximum Gasteiger partial charge on any atom is 0.198 e. The first-order chi connectivity index (χ1) is 26.9. The third-order valence-corrected chi connectivity index (χ3v) is 11.6. The molecule has 0 saturated carbocycles. The van der Waals surface area contributed by atoms with E-state index in [1.165, 1.54) is 85.6 Å². The lowest BCUT2D eigenvalue weighted by Gasteiger charge is -2.25. The third-order valence-electron chi connectivity index (χ3n) is 11.6. The molecule has 2 aromatic heterocycles. The quantitative estimate of drug-likeness (QED) is 0.126. The Morgan fingerprint density at radius 2 is 1.44 bits per heavy atom. The van der Waals surface area contributed by atoms with Crippen LogP contribution in [0.4, 0.5) is 11.4 Å². The summed E-state index contributed by atoms with van der Waals surface area (Å²) in [4.78, 5) is 0. The summed E-state index contributed by atoms with van der Waals surface area (Å²) >= 11 is 0. The first kappa shape index (κ1) is 33.6. The van der Waals surface area contributed by atoms with E-state index in [0.717, 1.165) is 45.2 Å². The summed E-state index contributed by atoms with van der Waals surface area (Å²) in [6.45, 7) is 9.18. The fourth-order valence-corrected chi connectivity index (χ4v) is 8.73. The summed E-state index contributed by atoms with van der Waals surface area (Å²) in [5.41, 5.74) is 17.5. The first-order valence-electron chi connectivity index (χ1n) is 19.8. The highest BCUT2D eigenvalue weighted by molar-refractivity contribution is 6.74. The molecule has 1 radical (unpaired) electrons. The fourth-order valence-electron chi connectivity index (χ4n) is 8.73. The van der Waals surface area contributed by atoms with E-state index in [-0.39, 0.29) is 5.41 Å². The van der Waals surface area contributed by atoms with Crippen LogP contribution in [-0.2, 0) is 11.8 Å². The van der Waals surface area contributed by atoms with Crippen molar-refractivity contribution in [3.8, 4) is 27.9 Å². The van der Waals surface area contributed by atoms with Crippen LogP contribution >= 0.6 is 0 Å². The molecule has 0 aliphatic carbocycles. The largest absolute Gasteiger partial charge is 0.456 e. The number of fused-ring (bicyclic) bond motifs is 8. The number of benzene rings is 7. The number of hydrogen-bond donors (Lipinski definition) is 1. The number of nitrogens with zero attached hydrogens (tertiary/aromatic N) is 1. The molecule has 1 aliphatic rings. The Hall–Kier alpha value is -6.00. The molecule has 0 spiro atoms. The normalized spacial score (nSPS) is 12.4. The van der Waals surface area contributed by atoms with Crippen molar-refractivity contribution >= 4 is 73.3 Å². The molecule has 9 aromatic rings. The third kappa shape index (κ3) is 5.66. The Labute approximate surface area is 323 Å². The molecule has 4 heteroatoms. The predicted molar refractivity (Wildman–Crippen MR) is 236 cm³/mol. The summed E-state index contributed by atoms with van der Waals surface area (Å²) in [5.74, 6) is 0. The van der Waals surface area contributed by atoms with Gasteiger partial charge < -0.3 is 14.3 Å². The van der Waals surface area contributed by atoms with Crippen LogP contribution in [0, 0.1) is 0 Å². The summed E-state index contributed by atoms with van der Waals surface area (Å²) < 4.78 is 9.01. The van der Waals surface area contributed by atoms with E-state index in [1.54, 1.807) is 0 Å². The molecule has 7 aromatic carbocycles. The van der Waals surface area contributed by atoms with Crippen LogP contribution in [0.15, 0.2) is 144 Å². The molecule has 1 aliphatic heterocycles. The Morgan fingerprint density at radius 1 is 0.655 bits per heavy atom. The first-order valence-corrected chi connectivity index (χ1v) is 19.8. The number of furan rings is 1. The van der Waals surface area contributed by atoms with Gasteiger partial charge in [0.15, 0.2) is 7.28 Å². The second kappa shape index (κ2) is 13.1. The van der Waals surface area contributed by atoms with Crippen molar-refractivity contribution < 1.29 is 4.42 Å². The van der Waals surface area contributed by atoms with Gasteiger partial charge >= 0.3 is 0 Å². The van der Waals surface area contributed by atoms with Gasteiger partial charge in [-0.15, -0.1) is 0 Å². The second-order valence-corrected chi connectivity index (χ2v) is 16.3. The molecule has 10 rings (SSSR count). The van der Waals surface area contributed by atoms with E-state index >= 15 is 0 Å². The molecular formula is C51H44BN2O. The van der Waals surface area contributed by atoms with Crippen molar-refractivity contribution in [2.45, 2.75) is 58.8 Å². The average molecular weight is 712 g/mol. The lowest BCUT2D eigenvalue weighted by Crippen LogP contribution is -2.37. The van der Waals surface area contributed by atoms with E-state index in [4.69, 9.17) is 4.42 Å². The summed E-state index contributed by atoms with van der Waals surface area (Å²) in [6, 6.07) is 51.3. The van der Waals surface area contributed by atoms with Crippen molar-refractivity contribution in [1.29, 1.82) is 0 Å². The Bertz CT molecular complexity index is 2910. The molecular weight excluding hydrogens is 667 g/mol. The predicted octanol–water partition coefficient (Wildman–Crippen LogP) is 12.8. The Balaban J connectivity index is 1.25. The van der Waals surface area contributed by atoms with Crippen molar-refractivity contribution in [2.24, 2.45) is 0 Å². The molecule has 0 fully saturated rings. The van der Waals surface area contributed by atoms with Crippen LogP contribution in [0.2, 0.25) is 0 Å². The van der Waals surface area contributed by atoms with Crippen LogP contribution in [0.5, 0.6) is 0 Å². The lowest BCUT2D eigenvalue weighted by atomic mass is 9.58. The van der Waals surface area contributed by atoms with Crippen molar-refractivity contribution in [2.75, 3.05) is 5.32 Å². The van der Waals surface area contributed by atoms with E-state index in [1.807, 2.05) is 6.07 Å². The Morgan fingerprint density at radius 3 is 2.25 bits per heavy atom. The molecule has 3 heterocycles. The highest BCUT2D eigenvalue weighted by Crippen LogP contribution is 2.44. The minimum Gasteiger partial charge on any atom is -0.456 e. The number of rotatable bonds is 8. The van der Waals surface area contributed by atoms with Crippen molar-refractivity contribution in [3.63, 3.8) is 0 Å². The molecule has 0 atom stereocenters. The molecule has 0 bridgehead atoms. The molecule has 0 unspecified atom stereocenters. The minimum atomic E-state index is 0.00268. The van der Waals surface area contributed by atoms with Crippen molar-refractivity contribution in [3.05, 3.63) is 151 Å². The maximum absolute atomic E-state index is 6.48. The number of hydrogen-bond acceptors (Lipinski definition) is 2. The molecule has 3 nitrogen and oxygen atoms in total. The standard InChI is InChI=1S/C51H44BN2O/c1-5-6-8-15-32-22-25-35(26-23-32)53-43-20-13-11-18-36(43)40-29-38(33-16-9-7-10-17-33)48-41-28-34(51(2,3)4)24-27-44(41)54-45-30-39-37-19-12-14-21-46(37)55-47(39)31-42(45)52-49(40)50(48)54/h7,9-14,16-31,53H,5-6,8,15H2,1-4H3. The fraction of sp³-hybridized carbons (Fsp3) is 0.176. The van der Waals surface area contributed by atoms with Gasteiger partial charge in [0.05, 0.1) is 5.52 Å². The number of aromatic nitrogens is 1. The zero-order valence-electron chi connectivity index (χ0n) is 32.0. The van der Waals surface area contributed by atoms with Crippen LogP contribution < -0.4 is 16.2 Å². The molecule has 1 N–H and O–H groups in total. The van der Waals surface area contributed by atoms with Gasteiger partial charge in [0.2, 0.25) is 0 Å². The number of nitrogens with one attached hydrogen (secondary N) is 1. The van der Waals surface area contributed by atoms with Gasteiger partial charge in [-0.1, -0.05) is 131 Å². The van der Waals surface area contributed by atoms with Gasteiger partial charge in [-0.3, -0.25) is 0 Å². The van der Waals surface area contributed by atoms with Gasteiger partial charge in [-0.2, -0.15) is 0 Å². The minimum absolute atomic E-state index is 0.00268. The van der Waals surface area contributed by atoms with Crippen molar-refractivity contribution in [1.82, 2.24) is 4.57 Å². The lowest BCUT2D eigenvalue weighted by molar-refractivity contribution is 0.591. The van der Waals surface area contributed by atoms with E-state index in [9.17, 15) is 0 Å². The number of anilines is 2. The molecule has 55 heavy (non-hydrogen) atoms. The summed E-state index contributed by atoms with van der Waals surface area (Å²) in [6.07, 6.45) is 4.87. The Kier molecular flexibility index (Phi) is 7.99. The van der Waals surface area contributed by atoms with Crippen LogP contribution in [0.1, 0.15) is 58.1 Å². The van der Waals surface area contributed by atoms with Gasteiger partial charge in [-0.05, 0) is 106 Å². The van der Waals surface area contributed by atoms with Crippen LogP contribution in [0.3, 0.4) is 0 Å². The van der Waals surface area contributed by atoms with Gasteiger partial charge in [0.25, 0.3) is 0 Å². The van der Waals surface area contributed by atoms with Gasteiger partial charge in [0, 0.05) is 49.7 Å². The smallest absolute Gasteiger partial charge is 0.198 e. The van der Waals surface area contributed by atoms with Gasteiger partial charge in [-0.25, -0.2) is 0 Å². The molecule has 267 valence electrons. The average Bonchev–Trinajstić information content (AvgIpc) is 3.74. The van der Waals surface area contributed by atoms with Gasteiger partial charge in [0.1, 0.15) is 11.2 Å². The van der Waals surface area contributed by atoms with E-state index in [2.05, 4.69) is 178 Å². The monoisotopic (exact) mass is 711 g/mol. The van der Waals surface area contributed by atoms with Crippen LogP contribution in [-0.4, -0.2) is 11.8 Å². The molecule has 0 saturated heterocycles. The second-order valence-electron chi connectivity index (χ2n) is 16.3.